The van der Waals surface area contributed by atoms with E-state index in [-0.39, 0.29) is 11.2 Å². The van der Waals surface area contributed by atoms with Gasteiger partial charge in [0, 0.05) is 11.7 Å². The number of anilines is 2. The minimum atomic E-state index is -0.169. The highest BCUT2D eigenvalue weighted by atomic mass is 32.2. The van der Waals surface area contributed by atoms with E-state index in [1.165, 1.54) is 23.1 Å². The van der Waals surface area contributed by atoms with E-state index < -0.39 is 0 Å². The second-order valence-electron chi connectivity index (χ2n) is 5.27. The van der Waals surface area contributed by atoms with E-state index in [4.69, 9.17) is 4.74 Å². The van der Waals surface area contributed by atoms with Crippen molar-refractivity contribution >= 4 is 39.8 Å². The van der Waals surface area contributed by atoms with Gasteiger partial charge < -0.3 is 15.4 Å². The van der Waals surface area contributed by atoms with E-state index in [2.05, 4.69) is 20.8 Å². The van der Waals surface area contributed by atoms with Crippen molar-refractivity contribution in [2.45, 2.75) is 35.4 Å². The number of amides is 1. The quantitative estimate of drug-likeness (QED) is 0.748. The lowest BCUT2D eigenvalue weighted by Gasteiger charge is -2.08. The molecule has 1 amide bonds. The molecular formula is C15H18N4O2S2. The number of hydrogen-bond donors (Lipinski definition) is 2. The molecule has 8 heteroatoms. The van der Waals surface area contributed by atoms with Crippen LogP contribution in [0.25, 0.3) is 0 Å². The SMILES string of the molecule is COc1ccc(Nc2nnc(SC(C)C(=O)NC3CC3)s2)cc1. The molecule has 1 aliphatic rings. The van der Waals surface area contributed by atoms with Crippen LogP contribution in [-0.2, 0) is 4.79 Å². The zero-order valence-electron chi connectivity index (χ0n) is 12.9. The van der Waals surface area contributed by atoms with E-state index >= 15 is 0 Å². The van der Waals surface area contributed by atoms with Gasteiger partial charge in [-0.15, -0.1) is 10.2 Å². The number of nitrogens with one attached hydrogen (secondary N) is 2. The maximum Gasteiger partial charge on any atom is 0.233 e. The monoisotopic (exact) mass is 350 g/mol. The largest absolute Gasteiger partial charge is 0.497 e. The average molecular weight is 350 g/mol. The summed E-state index contributed by atoms with van der Waals surface area (Å²) in [6, 6.07) is 7.97. The van der Waals surface area contributed by atoms with Gasteiger partial charge >= 0.3 is 0 Å². The van der Waals surface area contributed by atoms with Crippen molar-refractivity contribution in [3.05, 3.63) is 24.3 Å². The first kappa shape index (κ1) is 16.1. The summed E-state index contributed by atoms with van der Waals surface area (Å²) in [5.41, 5.74) is 0.915. The van der Waals surface area contributed by atoms with Crippen LogP contribution in [-0.4, -0.2) is 34.5 Å². The van der Waals surface area contributed by atoms with Crippen LogP contribution in [0.1, 0.15) is 19.8 Å². The number of methoxy groups -OCH3 is 1. The summed E-state index contributed by atoms with van der Waals surface area (Å²) in [7, 11) is 1.64. The van der Waals surface area contributed by atoms with Gasteiger partial charge in [-0.05, 0) is 44.0 Å². The van der Waals surface area contributed by atoms with Gasteiger partial charge in [0.1, 0.15) is 5.75 Å². The summed E-state index contributed by atoms with van der Waals surface area (Å²) in [6.07, 6.45) is 2.19. The number of ether oxygens (including phenoxy) is 1. The van der Waals surface area contributed by atoms with Crippen LogP contribution in [0.15, 0.2) is 28.6 Å². The molecule has 1 unspecified atom stereocenters. The van der Waals surface area contributed by atoms with Crippen molar-refractivity contribution in [1.29, 1.82) is 0 Å². The Morgan fingerprint density at radius 3 is 2.74 bits per heavy atom. The first-order chi connectivity index (χ1) is 11.1. The standard InChI is InChI=1S/C15H18N4O2S2/c1-9(13(20)16-10-3-4-10)22-15-19-18-14(23-15)17-11-5-7-12(21-2)8-6-11/h5-10H,3-4H2,1-2H3,(H,16,20)(H,17,18). The molecule has 1 aromatic carbocycles. The molecule has 0 aliphatic heterocycles. The van der Waals surface area contributed by atoms with Crippen LogP contribution in [0, 0.1) is 0 Å². The third-order valence-corrected chi connectivity index (χ3v) is 5.34. The summed E-state index contributed by atoms with van der Waals surface area (Å²) in [6.45, 7) is 1.89. The van der Waals surface area contributed by atoms with Crippen molar-refractivity contribution in [2.75, 3.05) is 12.4 Å². The molecule has 1 aromatic heterocycles. The van der Waals surface area contributed by atoms with Crippen molar-refractivity contribution in [3.63, 3.8) is 0 Å². The number of aromatic nitrogens is 2. The predicted octanol–water partition coefficient (Wildman–Crippen LogP) is 3.05. The topological polar surface area (TPSA) is 76.1 Å². The van der Waals surface area contributed by atoms with E-state index in [9.17, 15) is 4.79 Å². The fourth-order valence-electron chi connectivity index (χ4n) is 1.86. The molecule has 0 radical (unpaired) electrons. The van der Waals surface area contributed by atoms with Crippen molar-refractivity contribution < 1.29 is 9.53 Å². The van der Waals surface area contributed by atoms with Crippen molar-refractivity contribution in [2.24, 2.45) is 0 Å². The number of benzene rings is 1. The predicted molar refractivity (Wildman–Crippen MR) is 92.7 cm³/mol. The summed E-state index contributed by atoms with van der Waals surface area (Å²) >= 11 is 2.87. The third kappa shape index (κ3) is 4.59. The lowest BCUT2D eigenvalue weighted by atomic mass is 10.3. The molecule has 1 aliphatic carbocycles. The van der Waals surface area contributed by atoms with Crippen LogP contribution < -0.4 is 15.4 Å². The molecule has 0 spiro atoms. The van der Waals surface area contributed by atoms with E-state index in [1.807, 2.05) is 31.2 Å². The lowest BCUT2D eigenvalue weighted by molar-refractivity contribution is -0.120. The van der Waals surface area contributed by atoms with E-state index in [0.29, 0.717) is 11.2 Å². The average Bonchev–Trinajstić information content (AvgIpc) is 3.26. The molecule has 1 atom stereocenters. The maximum atomic E-state index is 12.0. The number of carbonyl (C=O) groups is 1. The summed E-state index contributed by atoms with van der Waals surface area (Å²) in [5, 5.41) is 15.0. The Labute approximate surface area is 143 Å². The molecule has 0 bridgehead atoms. The first-order valence-corrected chi connectivity index (χ1v) is 9.05. The lowest BCUT2D eigenvalue weighted by Crippen LogP contribution is -2.32. The minimum Gasteiger partial charge on any atom is -0.497 e. The fraction of sp³-hybridized carbons (Fsp3) is 0.400. The van der Waals surface area contributed by atoms with Gasteiger partial charge in [0.2, 0.25) is 11.0 Å². The van der Waals surface area contributed by atoms with Gasteiger partial charge in [-0.1, -0.05) is 23.1 Å². The Balaban J connectivity index is 1.55. The zero-order valence-corrected chi connectivity index (χ0v) is 14.5. The molecule has 1 saturated carbocycles. The highest BCUT2D eigenvalue weighted by Gasteiger charge is 2.26. The first-order valence-electron chi connectivity index (χ1n) is 7.35. The fourth-order valence-corrected chi connectivity index (χ4v) is 3.78. The second-order valence-corrected chi connectivity index (χ2v) is 7.84. The van der Waals surface area contributed by atoms with Crippen LogP contribution in [0.5, 0.6) is 5.75 Å². The highest BCUT2D eigenvalue weighted by molar-refractivity contribution is 8.02. The molecule has 1 heterocycles. The van der Waals surface area contributed by atoms with Gasteiger partial charge in [-0.2, -0.15) is 0 Å². The summed E-state index contributed by atoms with van der Waals surface area (Å²) in [5.74, 6) is 0.872. The smallest absolute Gasteiger partial charge is 0.233 e. The molecule has 0 saturated heterocycles. The van der Waals surface area contributed by atoms with Crippen LogP contribution >= 0.6 is 23.1 Å². The Bertz CT molecular complexity index is 670. The van der Waals surface area contributed by atoms with Gasteiger partial charge in [0.05, 0.1) is 12.4 Å². The normalized spacial score (nSPS) is 15.0. The van der Waals surface area contributed by atoms with Crippen molar-refractivity contribution in [3.8, 4) is 5.75 Å². The Morgan fingerprint density at radius 2 is 2.09 bits per heavy atom. The minimum absolute atomic E-state index is 0.0670. The molecular weight excluding hydrogens is 332 g/mol. The number of rotatable bonds is 7. The molecule has 2 aromatic rings. The number of hydrogen-bond acceptors (Lipinski definition) is 7. The van der Waals surface area contributed by atoms with Gasteiger partial charge in [-0.25, -0.2) is 0 Å². The van der Waals surface area contributed by atoms with Gasteiger partial charge in [0.15, 0.2) is 4.34 Å². The van der Waals surface area contributed by atoms with Crippen LogP contribution in [0.3, 0.4) is 0 Å². The summed E-state index contributed by atoms with van der Waals surface area (Å²) in [4.78, 5) is 12.0. The molecule has 122 valence electrons. The number of nitrogens with zero attached hydrogens (tertiary/aromatic N) is 2. The maximum absolute atomic E-state index is 12.0. The molecule has 3 rings (SSSR count). The highest BCUT2D eigenvalue weighted by Crippen LogP contribution is 2.31. The van der Waals surface area contributed by atoms with Crippen molar-refractivity contribution in [1.82, 2.24) is 15.5 Å². The van der Waals surface area contributed by atoms with Crippen LogP contribution in [0.2, 0.25) is 0 Å². The summed E-state index contributed by atoms with van der Waals surface area (Å²) < 4.78 is 5.90. The number of carbonyl (C=O) groups excluding carboxylic acids is 1. The van der Waals surface area contributed by atoms with E-state index in [0.717, 1.165) is 28.6 Å². The number of thioether (sulfide) groups is 1. The third-order valence-electron chi connectivity index (χ3n) is 3.32. The Hall–Kier alpha value is -1.80. The molecule has 2 N–H and O–H groups in total. The molecule has 23 heavy (non-hydrogen) atoms. The van der Waals surface area contributed by atoms with Gasteiger partial charge in [0.25, 0.3) is 0 Å². The van der Waals surface area contributed by atoms with Gasteiger partial charge in [-0.3, -0.25) is 4.79 Å². The molecule has 6 nitrogen and oxygen atoms in total. The molecule has 1 fully saturated rings. The van der Waals surface area contributed by atoms with E-state index in [1.54, 1.807) is 7.11 Å². The zero-order chi connectivity index (χ0) is 16.2. The Kier molecular flexibility index (Phi) is 5.02. The Morgan fingerprint density at radius 1 is 1.35 bits per heavy atom. The van der Waals surface area contributed by atoms with Crippen LogP contribution in [0.4, 0.5) is 10.8 Å². The second kappa shape index (κ2) is 7.18.